The standard InChI is InChI=1S/C14H17FN2O/c1-10(17-8-14(9-18)4-5-14)12-3-2-11(7-16)6-13(12)15/h2-3,6,10,17-18H,4-5,8-9H2,1H3. The van der Waals surface area contributed by atoms with E-state index in [0.717, 1.165) is 12.8 Å². The first kappa shape index (κ1) is 13.0. The third-order valence-corrected chi connectivity index (χ3v) is 3.67. The first-order valence-corrected chi connectivity index (χ1v) is 6.14. The molecule has 18 heavy (non-hydrogen) atoms. The van der Waals surface area contributed by atoms with E-state index in [1.54, 1.807) is 12.1 Å². The molecule has 0 saturated heterocycles. The summed E-state index contributed by atoms with van der Waals surface area (Å²) in [5.41, 5.74) is 0.900. The van der Waals surface area contributed by atoms with Gasteiger partial charge in [-0.15, -0.1) is 0 Å². The average molecular weight is 248 g/mol. The SMILES string of the molecule is CC(NCC1(CO)CC1)c1ccc(C#N)cc1F. The Kier molecular flexibility index (Phi) is 3.65. The summed E-state index contributed by atoms with van der Waals surface area (Å²) in [6.07, 6.45) is 2.05. The van der Waals surface area contributed by atoms with Crippen molar-refractivity contribution < 1.29 is 9.50 Å². The van der Waals surface area contributed by atoms with E-state index in [-0.39, 0.29) is 23.9 Å². The van der Waals surface area contributed by atoms with E-state index >= 15 is 0 Å². The van der Waals surface area contributed by atoms with Crippen molar-refractivity contribution in [3.8, 4) is 6.07 Å². The molecule has 2 N–H and O–H groups in total. The molecule has 0 spiro atoms. The Labute approximate surface area is 106 Å². The van der Waals surface area contributed by atoms with Crippen molar-refractivity contribution in [3.05, 3.63) is 35.1 Å². The Morgan fingerprint density at radius 3 is 2.78 bits per heavy atom. The van der Waals surface area contributed by atoms with Gasteiger partial charge in [0.2, 0.25) is 0 Å². The van der Waals surface area contributed by atoms with Crippen LogP contribution in [0.4, 0.5) is 4.39 Å². The van der Waals surface area contributed by atoms with Gasteiger partial charge in [0.1, 0.15) is 5.82 Å². The third-order valence-electron chi connectivity index (χ3n) is 3.67. The van der Waals surface area contributed by atoms with Crippen LogP contribution < -0.4 is 5.32 Å². The molecule has 0 aliphatic heterocycles. The second-order valence-electron chi connectivity index (χ2n) is 5.11. The summed E-state index contributed by atoms with van der Waals surface area (Å²) in [6.45, 7) is 2.77. The van der Waals surface area contributed by atoms with Crippen molar-refractivity contribution >= 4 is 0 Å². The summed E-state index contributed by atoms with van der Waals surface area (Å²) in [7, 11) is 0. The number of hydrogen-bond acceptors (Lipinski definition) is 3. The summed E-state index contributed by atoms with van der Waals surface area (Å²) in [4.78, 5) is 0. The molecule has 0 radical (unpaired) electrons. The summed E-state index contributed by atoms with van der Waals surface area (Å²) in [5.74, 6) is -0.358. The molecule has 2 rings (SSSR count). The molecule has 1 atom stereocenters. The molecule has 1 unspecified atom stereocenters. The van der Waals surface area contributed by atoms with E-state index in [9.17, 15) is 9.50 Å². The van der Waals surface area contributed by atoms with Gasteiger partial charge in [-0.2, -0.15) is 5.26 Å². The van der Waals surface area contributed by atoms with Crippen LogP contribution in [0.3, 0.4) is 0 Å². The molecule has 96 valence electrons. The topological polar surface area (TPSA) is 56.0 Å². The molecule has 1 aliphatic carbocycles. The van der Waals surface area contributed by atoms with Gasteiger partial charge in [0.25, 0.3) is 0 Å². The predicted octanol–water partition coefficient (Wildman–Crippen LogP) is 2.12. The van der Waals surface area contributed by atoms with Crippen LogP contribution in [-0.4, -0.2) is 18.3 Å². The highest BCUT2D eigenvalue weighted by molar-refractivity contribution is 5.34. The maximum Gasteiger partial charge on any atom is 0.129 e. The van der Waals surface area contributed by atoms with Crippen molar-refractivity contribution in [2.45, 2.75) is 25.8 Å². The summed E-state index contributed by atoms with van der Waals surface area (Å²) >= 11 is 0. The lowest BCUT2D eigenvalue weighted by Crippen LogP contribution is -2.29. The van der Waals surface area contributed by atoms with Crippen molar-refractivity contribution in [1.82, 2.24) is 5.32 Å². The lowest BCUT2D eigenvalue weighted by molar-refractivity contribution is 0.204. The van der Waals surface area contributed by atoms with Gasteiger partial charge in [-0.3, -0.25) is 0 Å². The minimum atomic E-state index is -0.358. The number of halogens is 1. The lowest BCUT2D eigenvalue weighted by Gasteiger charge is -2.19. The Balaban J connectivity index is 2.00. The van der Waals surface area contributed by atoms with E-state index < -0.39 is 0 Å². The van der Waals surface area contributed by atoms with E-state index in [1.165, 1.54) is 6.07 Å². The number of aliphatic hydroxyl groups is 1. The number of hydrogen-bond donors (Lipinski definition) is 2. The number of rotatable bonds is 5. The van der Waals surface area contributed by atoms with E-state index in [1.807, 2.05) is 13.0 Å². The minimum Gasteiger partial charge on any atom is -0.396 e. The fourth-order valence-corrected chi connectivity index (χ4v) is 1.99. The van der Waals surface area contributed by atoms with Gasteiger partial charge >= 0.3 is 0 Å². The van der Waals surface area contributed by atoms with Crippen LogP contribution in [-0.2, 0) is 0 Å². The normalized spacial score (nSPS) is 18.1. The molecule has 1 fully saturated rings. The molecule has 1 aromatic carbocycles. The first-order valence-electron chi connectivity index (χ1n) is 6.14. The highest BCUT2D eigenvalue weighted by Crippen LogP contribution is 2.44. The van der Waals surface area contributed by atoms with Crippen molar-refractivity contribution in [2.75, 3.05) is 13.2 Å². The largest absolute Gasteiger partial charge is 0.396 e. The summed E-state index contributed by atoms with van der Waals surface area (Å²) < 4.78 is 13.8. The fourth-order valence-electron chi connectivity index (χ4n) is 1.99. The Morgan fingerprint density at radius 1 is 1.56 bits per heavy atom. The summed E-state index contributed by atoms with van der Waals surface area (Å²) in [5, 5.41) is 21.1. The molecule has 0 aromatic heterocycles. The molecule has 0 heterocycles. The van der Waals surface area contributed by atoms with Crippen LogP contribution in [0.5, 0.6) is 0 Å². The molecule has 1 aliphatic rings. The van der Waals surface area contributed by atoms with E-state index in [2.05, 4.69) is 5.32 Å². The van der Waals surface area contributed by atoms with Gasteiger partial charge in [0, 0.05) is 30.2 Å². The Hall–Kier alpha value is -1.44. The molecule has 1 saturated carbocycles. The quantitative estimate of drug-likeness (QED) is 0.839. The molecule has 4 heteroatoms. The van der Waals surface area contributed by atoms with Crippen LogP contribution in [0.25, 0.3) is 0 Å². The van der Waals surface area contributed by atoms with Gasteiger partial charge in [-0.1, -0.05) is 6.07 Å². The molecular formula is C14H17FN2O. The second-order valence-corrected chi connectivity index (χ2v) is 5.11. The van der Waals surface area contributed by atoms with Crippen LogP contribution in [0.1, 0.15) is 36.9 Å². The van der Waals surface area contributed by atoms with E-state index in [0.29, 0.717) is 17.7 Å². The summed E-state index contributed by atoms with van der Waals surface area (Å²) in [6, 6.07) is 6.31. The fraction of sp³-hybridized carbons (Fsp3) is 0.500. The molecule has 1 aromatic rings. The number of nitrogens with zero attached hydrogens (tertiary/aromatic N) is 1. The minimum absolute atomic E-state index is 0.0112. The highest BCUT2D eigenvalue weighted by atomic mass is 19.1. The average Bonchev–Trinajstić information content (AvgIpc) is 3.16. The van der Waals surface area contributed by atoms with Gasteiger partial charge in [-0.25, -0.2) is 4.39 Å². The lowest BCUT2D eigenvalue weighted by atomic mass is 10.0. The van der Waals surface area contributed by atoms with Gasteiger partial charge in [-0.05, 0) is 31.9 Å². The zero-order chi connectivity index (χ0) is 13.2. The van der Waals surface area contributed by atoms with Crippen LogP contribution in [0, 0.1) is 22.6 Å². The van der Waals surface area contributed by atoms with Crippen LogP contribution >= 0.6 is 0 Å². The van der Waals surface area contributed by atoms with Crippen molar-refractivity contribution in [2.24, 2.45) is 5.41 Å². The van der Waals surface area contributed by atoms with Gasteiger partial charge in [0.05, 0.1) is 11.6 Å². The Bertz CT molecular complexity index is 477. The van der Waals surface area contributed by atoms with Gasteiger partial charge in [0.15, 0.2) is 0 Å². The molecular weight excluding hydrogens is 231 g/mol. The zero-order valence-electron chi connectivity index (χ0n) is 10.4. The number of nitriles is 1. The number of nitrogens with one attached hydrogen (secondary N) is 1. The molecule has 3 nitrogen and oxygen atoms in total. The van der Waals surface area contributed by atoms with Crippen molar-refractivity contribution in [3.63, 3.8) is 0 Å². The molecule has 0 bridgehead atoms. The smallest absolute Gasteiger partial charge is 0.129 e. The predicted molar refractivity (Wildman–Crippen MR) is 66.3 cm³/mol. The monoisotopic (exact) mass is 248 g/mol. The molecule has 0 amide bonds. The zero-order valence-corrected chi connectivity index (χ0v) is 10.4. The van der Waals surface area contributed by atoms with E-state index in [4.69, 9.17) is 5.26 Å². The second kappa shape index (κ2) is 5.05. The number of benzene rings is 1. The maximum atomic E-state index is 13.8. The van der Waals surface area contributed by atoms with Crippen LogP contribution in [0.2, 0.25) is 0 Å². The third kappa shape index (κ3) is 2.69. The number of aliphatic hydroxyl groups excluding tert-OH is 1. The maximum absolute atomic E-state index is 13.8. The Morgan fingerprint density at radius 2 is 2.28 bits per heavy atom. The van der Waals surface area contributed by atoms with Crippen molar-refractivity contribution in [1.29, 1.82) is 5.26 Å². The van der Waals surface area contributed by atoms with Gasteiger partial charge < -0.3 is 10.4 Å². The highest BCUT2D eigenvalue weighted by Gasteiger charge is 2.41. The first-order chi connectivity index (χ1) is 8.60. The van der Waals surface area contributed by atoms with Crippen LogP contribution in [0.15, 0.2) is 18.2 Å².